The lowest BCUT2D eigenvalue weighted by Crippen LogP contribution is -2.32. The summed E-state index contributed by atoms with van der Waals surface area (Å²) in [6.45, 7) is 6.38. The lowest BCUT2D eigenvalue weighted by atomic mass is 9.68. The van der Waals surface area contributed by atoms with E-state index in [-0.39, 0.29) is 0 Å². The van der Waals surface area contributed by atoms with Crippen LogP contribution in [0, 0.1) is 41.4 Å². The SMILES string of the molecule is CC.CCCC1CCC2C3CC(C4CC=CC34)C12. The first-order valence-electron chi connectivity index (χ1n) is 8.56. The zero-order chi connectivity index (χ0) is 12.7. The summed E-state index contributed by atoms with van der Waals surface area (Å²) in [6.07, 6.45) is 14.2. The van der Waals surface area contributed by atoms with Gasteiger partial charge in [-0.15, -0.1) is 0 Å². The molecule has 4 rings (SSSR count). The topological polar surface area (TPSA) is 0 Å². The van der Waals surface area contributed by atoms with Crippen molar-refractivity contribution in [2.75, 3.05) is 0 Å². The van der Waals surface area contributed by atoms with Gasteiger partial charge in [-0.2, -0.15) is 0 Å². The molecule has 0 saturated heterocycles. The Balaban J connectivity index is 0.000000478. The molecule has 0 N–H and O–H groups in total. The molecule has 3 saturated carbocycles. The van der Waals surface area contributed by atoms with Crippen molar-refractivity contribution < 1.29 is 0 Å². The van der Waals surface area contributed by atoms with Gasteiger partial charge in [-0.05, 0) is 67.1 Å². The Morgan fingerprint density at radius 1 is 1.00 bits per heavy atom. The Morgan fingerprint density at radius 3 is 2.61 bits per heavy atom. The predicted octanol–water partition coefficient (Wildman–Crippen LogP) is 5.30. The number of rotatable bonds is 2. The summed E-state index contributed by atoms with van der Waals surface area (Å²) in [6, 6.07) is 0. The summed E-state index contributed by atoms with van der Waals surface area (Å²) in [5.74, 6) is 7.77. The molecule has 0 spiro atoms. The molecule has 0 heteroatoms. The van der Waals surface area contributed by atoms with E-state index in [1.165, 1.54) is 19.3 Å². The average molecular weight is 246 g/mol. The third-order valence-electron chi connectivity index (χ3n) is 6.46. The molecular formula is C18H30. The smallest absolute Gasteiger partial charge is 0.0168 e. The van der Waals surface area contributed by atoms with Gasteiger partial charge in [0.05, 0.1) is 0 Å². The molecule has 0 aromatic heterocycles. The molecule has 0 radical (unpaired) electrons. The molecule has 102 valence electrons. The number of hydrogen-bond acceptors (Lipinski definition) is 0. The first-order valence-corrected chi connectivity index (χ1v) is 8.56. The molecule has 0 nitrogen and oxygen atoms in total. The second-order valence-corrected chi connectivity index (χ2v) is 6.84. The van der Waals surface area contributed by atoms with Gasteiger partial charge in [0.1, 0.15) is 0 Å². The molecule has 2 bridgehead atoms. The van der Waals surface area contributed by atoms with Crippen LogP contribution in [0.5, 0.6) is 0 Å². The first kappa shape index (κ1) is 12.8. The van der Waals surface area contributed by atoms with Crippen molar-refractivity contribution in [3.63, 3.8) is 0 Å². The molecule has 0 amide bonds. The predicted molar refractivity (Wildman–Crippen MR) is 78.3 cm³/mol. The van der Waals surface area contributed by atoms with Crippen LogP contribution in [0.3, 0.4) is 0 Å². The van der Waals surface area contributed by atoms with E-state index in [9.17, 15) is 0 Å². The molecule has 4 aliphatic rings. The minimum Gasteiger partial charge on any atom is -0.0879 e. The third kappa shape index (κ3) is 1.63. The molecule has 7 atom stereocenters. The fraction of sp³-hybridized carbons (Fsp3) is 0.889. The van der Waals surface area contributed by atoms with Crippen molar-refractivity contribution in [1.82, 2.24) is 0 Å². The second kappa shape index (κ2) is 5.02. The normalized spacial score (nSPS) is 50.9. The standard InChI is InChI=1S/C16H24.C2H6/c1-2-4-10-7-8-13-14-9-15(16(10)13)12-6-3-5-11(12)14;1-2/h3,5,10-16H,2,4,6-9H2,1H3;1-2H3. The van der Waals surface area contributed by atoms with Crippen LogP contribution in [-0.4, -0.2) is 0 Å². The maximum atomic E-state index is 2.58. The van der Waals surface area contributed by atoms with Gasteiger partial charge in [0.2, 0.25) is 0 Å². The maximum Gasteiger partial charge on any atom is -0.0168 e. The lowest BCUT2D eigenvalue weighted by molar-refractivity contribution is 0.123. The van der Waals surface area contributed by atoms with Crippen molar-refractivity contribution in [1.29, 1.82) is 0 Å². The summed E-state index contributed by atoms with van der Waals surface area (Å²) in [5.41, 5.74) is 0. The summed E-state index contributed by atoms with van der Waals surface area (Å²) in [7, 11) is 0. The van der Waals surface area contributed by atoms with E-state index in [0.717, 1.165) is 41.4 Å². The van der Waals surface area contributed by atoms with E-state index in [0.29, 0.717) is 0 Å². The molecule has 0 aromatic carbocycles. The molecule has 7 unspecified atom stereocenters. The zero-order valence-corrected chi connectivity index (χ0v) is 12.4. The Labute approximate surface area is 113 Å². The van der Waals surface area contributed by atoms with Crippen LogP contribution in [0.4, 0.5) is 0 Å². The molecular weight excluding hydrogens is 216 g/mol. The van der Waals surface area contributed by atoms with E-state index in [1.807, 2.05) is 13.8 Å². The van der Waals surface area contributed by atoms with E-state index in [4.69, 9.17) is 0 Å². The van der Waals surface area contributed by atoms with Gasteiger partial charge in [-0.1, -0.05) is 45.8 Å². The van der Waals surface area contributed by atoms with Gasteiger partial charge < -0.3 is 0 Å². The lowest BCUT2D eigenvalue weighted by Gasteiger charge is -2.36. The minimum absolute atomic E-state index is 1.02. The van der Waals surface area contributed by atoms with Crippen LogP contribution in [0.1, 0.15) is 59.3 Å². The average Bonchev–Trinajstić information content (AvgIpc) is 3.10. The Kier molecular flexibility index (Phi) is 3.56. The highest BCUT2D eigenvalue weighted by Crippen LogP contribution is 2.67. The summed E-state index contributed by atoms with van der Waals surface area (Å²) < 4.78 is 0. The van der Waals surface area contributed by atoms with Crippen molar-refractivity contribution in [2.24, 2.45) is 41.4 Å². The molecule has 0 aromatic rings. The van der Waals surface area contributed by atoms with Gasteiger partial charge in [-0.3, -0.25) is 0 Å². The fourth-order valence-corrected chi connectivity index (χ4v) is 6.18. The molecule has 4 aliphatic carbocycles. The third-order valence-corrected chi connectivity index (χ3v) is 6.46. The summed E-state index contributed by atoms with van der Waals surface area (Å²) in [4.78, 5) is 0. The highest BCUT2D eigenvalue weighted by molar-refractivity contribution is 5.17. The highest BCUT2D eigenvalue weighted by Gasteiger charge is 2.60. The summed E-state index contributed by atoms with van der Waals surface area (Å²) >= 11 is 0. The first-order chi connectivity index (χ1) is 8.90. The monoisotopic (exact) mass is 246 g/mol. The van der Waals surface area contributed by atoms with Crippen molar-refractivity contribution in [3.05, 3.63) is 12.2 Å². The van der Waals surface area contributed by atoms with Gasteiger partial charge in [0, 0.05) is 0 Å². The van der Waals surface area contributed by atoms with Crippen LogP contribution >= 0.6 is 0 Å². The highest BCUT2D eigenvalue weighted by atomic mass is 14.6. The van der Waals surface area contributed by atoms with Crippen LogP contribution in [0.25, 0.3) is 0 Å². The molecule has 18 heavy (non-hydrogen) atoms. The van der Waals surface area contributed by atoms with Crippen LogP contribution in [0.2, 0.25) is 0 Å². The van der Waals surface area contributed by atoms with Crippen molar-refractivity contribution >= 4 is 0 Å². The minimum atomic E-state index is 1.02. The Bertz CT molecular complexity index is 316. The fourth-order valence-electron chi connectivity index (χ4n) is 6.18. The maximum absolute atomic E-state index is 2.58. The van der Waals surface area contributed by atoms with E-state index in [2.05, 4.69) is 19.1 Å². The molecule has 0 heterocycles. The Morgan fingerprint density at radius 2 is 1.83 bits per heavy atom. The van der Waals surface area contributed by atoms with E-state index in [1.54, 1.807) is 19.3 Å². The largest absolute Gasteiger partial charge is 0.0879 e. The van der Waals surface area contributed by atoms with Gasteiger partial charge in [0.25, 0.3) is 0 Å². The summed E-state index contributed by atoms with van der Waals surface area (Å²) in [5, 5.41) is 0. The quantitative estimate of drug-likeness (QED) is 0.580. The number of hydrogen-bond donors (Lipinski definition) is 0. The Hall–Kier alpha value is -0.260. The van der Waals surface area contributed by atoms with Crippen molar-refractivity contribution in [3.8, 4) is 0 Å². The van der Waals surface area contributed by atoms with E-state index < -0.39 is 0 Å². The molecule has 3 fully saturated rings. The van der Waals surface area contributed by atoms with Gasteiger partial charge >= 0.3 is 0 Å². The number of allylic oxidation sites excluding steroid dienone is 2. The zero-order valence-electron chi connectivity index (χ0n) is 12.4. The molecule has 0 aliphatic heterocycles. The second-order valence-electron chi connectivity index (χ2n) is 6.84. The van der Waals surface area contributed by atoms with Crippen LogP contribution < -0.4 is 0 Å². The van der Waals surface area contributed by atoms with Crippen LogP contribution in [0.15, 0.2) is 12.2 Å². The van der Waals surface area contributed by atoms with Gasteiger partial charge in [-0.25, -0.2) is 0 Å². The number of fused-ring (bicyclic) bond motifs is 8. The van der Waals surface area contributed by atoms with Crippen LogP contribution in [-0.2, 0) is 0 Å². The van der Waals surface area contributed by atoms with Gasteiger partial charge in [0.15, 0.2) is 0 Å². The van der Waals surface area contributed by atoms with E-state index >= 15 is 0 Å². The van der Waals surface area contributed by atoms with Crippen molar-refractivity contribution in [2.45, 2.75) is 59.3 Å².